The first-order valence-corrected chi connectivity index (χ1v) is 8.67. The van der Waals surface area contributed by atoms with Gasteiger partial charge in [0.2, 0.25) is 0 Å². The molecule has 2 heterocycles. The molecule has 1 aromatic heterocycles. The molecule has 0 fully saturated rings. The maximum Gasteiger partial charge on any atom is 0.136 e. The van der Waals surface area contributed by atoms with Crippen molar-refractivity contribution in [3.8, 4) is 11.1 Å². The van der Waals surface area contributed by atoms with Crippen LogP contribution in [0, 0.1) is 12.7 Å². The Bertz CT molecular complexity index is 973. The van der Waals surface area contributed by atoms with Gasteiger partial charge >= 0.3 is 0 Å². The Kier molecular flexibility index (Phi) is 3.45. The van der Waals surface area contributed by atoms with Gasteiger partial charge in [-0.1, -0.05) is 25.1 Å². The van der Waals surface area contributed by atoms with Gasteiger partial charge in [-0.25, -0.2) is 4.39 Å². The Labute approximate surface area is 146 Å². The number of benzene rings is 2. The predicted octanol–water partition coefficient (Wildman–Crippen LogP) is 4.95. The SMILES string of the molecule is Cc1c(F)c(-c2cccc3cc[nH]c23)cc2c1NC(C)(C)[C@@H](O)[C@@H]2C. The molecule has 0 radical (unpaired) electrons. The number of rotatable bonds is 1. The van der Waals surface area contributed by atoms with Crippen molar-refractivity contribution in [3.05, 3.63) is 53.5 Å². The van der Waals surface area contributed by atoms with E-state index in [4.69, 9.17) is 0 Å². The van der Waals surface area contributed by atoms with Crippen LogP contribution in [0.5, 0.6) is 0 Å². The number of para-hydroxylation sites is 1. The largest absolute Gasteiger partial charge is 0.390 e. The lowest BCUT2D eigenvalue weighted by atomic mass is 9.77. The van der Waals surface area contributed by atoms with Crippen molar-refractivity contribution in [3.63, 3.8) is 0 Å². The number of aliphatic hydroxyl groups is 1. The second-order valence-corrected chi connectivity index (χ2v) is 7.66. The van der Waals surface area contributed by atoms with Gasteiger partial charge in [0.05, 0.1) is 17.2 Å². The van der Waals surface area contributed by atoms with E-state index in [-0.39, 0.29) is 11.7 Å². The van der Waals surface area contributed by atoms with Crippen LogP contribution in [-0.2, 0) is 0 Å². The van der Waals surface area contributed by atoms with Crippen molar-refractivity contribution in [1.82, 2.24) is 4.98 Å². The predicted molar refractivity (Wildman–Crippen MR) is 101 cm³/mol. The highest BCUT2D eigenvalue weighted by molar-refractivity contribution is 5.95. The van der Waals surface area contributed by atoms with Gasteiger partial charge in [0.25, 0.3) is 0 Å². The van der Waals surface area contributed by atoms with E-state index in [1.165, 1.54) is 0 Å². The number of halogens is 1. The van der Waals surface area contributed by atoms with Gasteiger partial charge in [-0.2, -0.15) is 0 Å². The van der Waals surface area contributed by atoms with E-state index < -0.39 is 11.6 Å². The minimum absolute atomic E-state index is 0.0767. The molecule has 2 aromatic carbocycles. The third-order valence-corrected chi connectivity index (χ3v) is 5.56. The molecular weight excluding hydrogens is 315 g/mol. The number of hydrogen-bond acceptors (Lipinski definition) is 2. The first-order valence-electron chi connectivity index (χ1n) is 8.67. The van der Waals surface area contributed by atoms with Crippen LogP contribution in [0.2, 0.25) is 0 Å². The number of anilines is 1. The molecule has 25 heavy (non-hydrogen) atoms. The zero-order valence-electron chi connectivity index (χ0n) is 14.9. The summed E-state index contributed by atoms with van der Waals surface area (Å²) in [4.78, 5) is 3.21. The highest BCUT2D eigenvalue weighted by atomic mass is 19.1. The molecule has 0 saturated heterocycles. The molecule has 0 amide bonds. The third-order valence-electron chi connectivity index (χ3n) is 5.56. The number of aromatic nitrogens is 1. The van der Waals surface area contributed by atoms with E-state index >= 15 is 4.39 Å². The molecule has 4 heteroatoms. The van der Waals surface area contributed by atoms with Crippen LogP contribution >= 0.6 is 0 Å². The van der Waals surface area contributed by atoms with E-state index in [1.54, 1.807) is 6.92 Å². The first kappa shape index (κ1) is 16.2. The molecule has 2 atom stereocenters. The van der Waals surface area contributed by atoms with Gasteiger partial charge < -0.3 is 15.4 Å². The second kappa shape index (κ2) is 5.33. The van der Waals surface area contributed by atoms with Crippen LogP contribution in [0.1, 0.15) is 37.8 Å². The molecule has 130 valence electrons. The van der Waals surface area contributed by atoms with E-state index in [9.17, 15) is 5.11 Å². The molecule has 1 aliphatic rings. The number of aliphatic hydroxyl groups excluding tert-OH is 1. The summed E-state index contributed by atoms with van der Waals surface area (Å²) in [6, 6.07) is 9.76. The third kappa shape index (κ3) is 2.28. The standard InChI is InChI=1S/C21H23FN2O/c1-11-15-10-16(14-7-5-6-13-8-9-23-19(13)14)17(22)12(2)18(15)24-21(3,4)20(11)25/h5-11,20,23-25H,1-4H3/t11-,20+/m1/s1. The van der Waals surface area contributed by atoms with Crippen LogP contribution in [0.15, 0.2) is 36.5 Å². The normalized spacial score (nSPS) is 21.8. The molecule has 4 rings (SSSR count). The highest BCUT2D eigenvalue weighted by Gasteiger charge is 2.40. The molecule has 0 bridgehead atoms. The number of fused-ring (bicyclic) bond motifs is 2. The van der Waals surface area contributed by atoms with Crippen molar-refractivity contribution in [1.29, 1.82) is 0 Å². The minimum Gasteiger partial charge on any atom is -0.390 e. The van der Waals surface area contributed by atoms with Crippen molar-refractivity contribution in [2.75, 3.05) is 5.32 Å². The van der Waals surface area contributed by atoms with Crippen LogP contribution < -0.4 is 5.32 Å². The summed E-state index contributed by atoms with van der Waals surface area (Å²) >= 11 is 0. The Morgan fingerprint density at radius 2 is 1.92 bits per heavy atom. The van der Waals surface area contributed by atoms with Crippen LogP contribution in [0.25, 0.3) is 22.0 Å². The van der Waals surface area contributed by atoms with Gasteiger partial charge in [0.15, 0.2) is 0 Å². The summed E-state index contributed by atoms with van der Waals surface area (Å²) in [7, 11) is 0. The molecule has 1 aliphatic heterocycles. The fraction of sp³-hybridized carbons (Fsp3) is 0.333. The van der Waals surface area contributed by atoms with Crippen molar-refractivity contribution in [2.24, 2.45) is 0 Å². The summed E-state index contributed by atoms with van der Waals surface area (Å²) in [5.41, 5.74) is 4.22. The number of hydrogen-bond donors (Lipinski definition) is 3. The quantitative estimate of drug-likeness (QED) is 0.588. The summed E-state index contributed by atoms with van der Waals surface area (Å²) in [6.07, 6.45) is 1.33. The lowest BCUT2D eigenvalue weighted by Crippen LogP contribution is -2.50. The van der Waals surface area contributed by atoms with Crippen LogP contribution in [0.4, 0.5) is 10.1 Å². The Hall–Kier alpha value is -2.33. The van der Waals surface area contributed by atoms with Crippen LogP contribution in [0.3, 0.4) is 0 Å². The summed E-state index contributed by atoms with van der Waals surface area (Å²) < 4.78 is 15.3. The van der Waals surface area contributed by atoms with E-state index in [0.29, 0.717) is 11.1 Å². The molecule has 3 aromatic rings. The first-order chi connectivity index (χ1) is 11.8. The van der Waals surface area contributed by atoms with Crippen molar-refractivity contribution in [2.45, 2.75) is 45.3 Å². The topological polar surface area (TPSA) is 48.0 Å². The fourth-order valence-corrected chi connectivity index (χ4v) is 4.04. The van der Waals surface area contributed by atoms with Gasteiger partial charge in [0.1, 0.15) is 5.82 Å². The fourth-order valence-electron chi connectivity index (χ4n) is 4.04. The van der Waals surface area contributed by atoms with E-state index in [1.807, 2.05) is 57.3 Å². The van der Waals surface area contributed by atoms with E-state index in [0.717, 1.165) is 27.7 Å². The van der Waals surface area contributed by atoms with E-state index in [2.05, 4.69) is 10.3 Å². The van der Waals surface area contributed by atoms with Gasteiger partial charge in [-0.3, -0.25) is 0 Å². The maximum atomic E-state index is 15.3. The zero-order valence-corrected chi connectivity index (χ0v) is 14.9. The van der Waals surface area contributed by atoms with Gasteiger partial charge in [-0.15, -0.1) is 0 Å². The Morgan fingerprint density at radius 3 is 2.68 bits per heavy atom. The molecular formula is C21H23FN2O. The maximum absolute atomic E-state index is 15.3. The summed E-state index contributed by atoms with van der Waals surface area (Å²) in [5, 5.41) is 15.0. The molecule has 0 aliphatic carbocycles. The average molecular weight is 338 g/mol. The zero-order chi connectivity index (χ0) is 17.9. The summed E-state index contributed by atoms with van der Waals surface area (Å²) in [5.74, 6) is -0.292. The highest BCUT2D eigenvalue weighted by Crippen LogP contribution is 2.44. The molecule has 0 spiro atoms. The Morgan fingerprint density at radius 1 is 1.16 bits per heavy atom. The van der Waals surface area contributed by atoms with Gasteiger partial charge in [0, 0.05) is 34.5 Å². The molecule has 0 unspecified atom stereocenters. The average Bonchev–Trinajstić information content (AvgIpc) is 3.06. The van der Waals surface area contributed by atoms with Crippen molar-refractivity contribution >= 4 is 16.6 Å². The number of H-pyrrole nitrogens is 1. The monoisotopic (exact) mass is 338 g/mol. The smallest absolute Gasteiger partial charge is 0.136 e. The summed E-state index contributed by atoms with van der Waals surface area (Å²) in [6.45, 7) is 7.70. The Balaban J connectivity index is 1.99. The molecule has 3 N–H and O–H groups in total. The van der Waals surface area contributed by atoms with Crippen molar-refractivity contribution < 1.29 is 9.50 Å². The lowest BCUT2D eigenvalue weighted by molar-refractivity contribution is 0.0868. The number of nitrogens with one attached hydrogen (secondary N) is 2. The minimum atomic E-state index is -0.543. The molecule has 3 nitrogen and oxygen atoms in total. The number of aromatic amines is 1. The lowest BCUT2D eigenvalue weighted by Gasteiger charge is -2.43. The molecule has 0 saturated carbocycles. The second-order valence-electron chi connectivity index (χ2n) is 7.66. The van der Waals surface area contributed by atoms with Gasteiger partial charge in [-0.05, 0) is 43.9 Å². The van der Waals surface area contributed by atoms with Crippen LogP contribution in [-0.4, -0.2) is 21.7 Å².